The highest BCUT2D eigenvalue weighted by Crippen LogP contribution is 2.26. The molecular weight excluding hydrogens is 246 g/mol. The van der Waals surface area contributed by atoms with Crippen molar-refractivity contribution in [3.05, 3.63) is 23.1 Å². The van der Waals surface area contributed by atoms with Gasteiger partial charge in [-0.15, -0.1) is 0 Å². The molecule has 1 fully saturated rings. The number of rotatable bonds is 1. The molecule has 5 heteroatoms. The fourth-order valence-corrected chi connectivity index (χ4v) is 3.40. The van der Waals surface area contributed by atoms with Crippen LogP contribution in [0.1, 0.15) is 24.4 Å². The summed E-state index contributed by atoms with van der Waals surface area (Å²) in [5, 5.41) is 1.20. The van der Waals surface area contributed by atoms with E-state index in [1.54, 1.807) is 12.1 Å². The summed E-state index contributed by atoms with van der Waals surface area (Å²) in [5.41, 5.74) is 0. The van der Waals surface area contributed by atoms with Gasteiger partial charge in [-0.05, 0) is 23.7 Å². The molecule has 0 radical (unpaired) electrons. The van der Waals surface area contributed by atoms with Crippen LogP contribution >= 0.6 is 23.4 Å². The van der Waals surface area contributed by atoms with Crippen LogP contribution in [-0.4, -0.2) is 34.4 Å². The predicted octanol–water partition coefficient (Wildman–Crippen LogP) is 2.90. The Morgan fingerprint density at radius 2 is 2.06 bits per heavy atom. The molecule has 1 aromatic rings. The summed E-state index contributed by atoms with van der Waals surface area (Å²) in [6.07, 6.45) is 0. The van der Waals surface area contributed by atoms with Gasteiger partial charge in [0, 0.05) is 23.6 Å². The Labute approximate surface area is 104 Å². The van der Waals surface area contributed by atoms with Gasteiger partial charge in [0.2, 0.25) is 0 Å². The van der Waals surface area contributed by atoms with Crippen molar-refractivity contribution in [2.45, 2.75) is 24.3 Å². The van der Waals surface area contributed by atoms with Crippen molar-refractivity contribution in [1.82, 2.24) is 4.90 Å². The second kappa shape index (κ2) is 4.72. The van der Waals surface area contributed by atoms with Crippen LogP contribution < -0.4 is 0 Å². The zero-order valence-corrected chi connectivity index (χ0v) is 10.8. The molecule has 3 nitrogen and oxygen atoms in total. The first-order valence-electron chi connectivity index (χ1n) is 5.26. The van der Waals surface area contributed by atoms with Crippen LogP contribution in [0.25, 0.3) is 0 Å². The summed E-state index contributed by atoms with van der Waals surface area (Å²) < 4.78 is 5.14. The van der Waals surface area contributed by atoms with Gasteiger partial charge in [-0.3, -0.25) is 4.79 Å². The molecule has 88 valence electrons. The van der Waals surface area contributed by atoms with E-state index in [0.717, 1.165) is 13.1 Å². The van der Waals surface area contributed by atoms with Crippen molar-refractivity contribution in [3.8, 4) is 0 Å². The Kier molecular flexibility index (Phi) is 3.50. The SMILES string of the molecule is CC1CN(C(=O)c2ccc(Cl)o2)CC(C)S1. The predicted molar refractivity (Wildman–Crippen MR) is 66.1 cm³/mol. The number of hydrogen-bond donors (Lipinski definition) is 0. The first-order chi connectivity index (χ1) is 7.56. The van der Waals surface area contributed by atoms with E-state index < -0.39 is 0 Å². The number of furan rings is 1. The van der Waals surface area contributed by atoms with E-state index in [0.29, 0.717) is 16.3 Å². The van der Waals surface area contributed by atoms with Crippen LogP contribution in [0.5, 0.6) is 0 Å². The molecule has 0 spiro atoms. The summed E-state index contributed by atoms with van der Waals surface area (Å²) in [6, 6.07) is 3.22. The number of hydrogen-bond acceptors (Lipinski definition) is 3. The number of carbonyl (C=O) groups excluding carboxylic acids is 1. The lowest BCUT2D eigenvalue weighted by atomic mass is 10.3. The molecular formula is C11H14ClNO2S. The third kappa shape index (κ3) is 2.55. The average molecular weight is 260 g/mol. The van der Waals surface area contributed by atoms with Crippen LogP contribution in [0.15, 0.2) is 16.5 Å². The molecule has 0 N–H and O–H groups in total. The summed E-state index contributed by atoms with van der Waals surface area (Å²) >= 11 is 7.57. The van der Waals surface area contributed by atoms with E-state index in [-0.39, 0.29) is 11.1 Å². The van der Waals surface area contributed by atoms with Crippen LogP contribution in [0.3, 0.4) is 0 Å². The van der Waals surface area contributed by atoms with E-state index in [4.69, 9.17) is 16.0 Å². The number of amides is 1. The Bertz CT molecular complexity index is 383. The Balaban J connectivity index is 2.09. The second-order valence-corrected chi connectivity index (χ2v) is 6.33. The quantitative estimate of drug-likeness (QED) is 0.778. The number of carbonyl (C=O) groups is 1. The fourth-order valence-electron chi connectivity index (χ4n) is 1.93. The van der Waals surface area contributed by atoms with Crippen molar-refractivity contribution in [2.75, 3.05) is 13.1 Å². The molecule has 16 heavy (non-hydrogen) atoms. The lowest BCUT2D eigenvalue weighted by molar-refractivity contribution is 0.0721. The van der Waals surface area contributed by atoms with Gasteiger partial charge in [0.05, 0.1) is 0 Å². The molecule has 2 atom stereocenters. The molecule has 0 aliphatic carbocycles. The van der Waals surface area contributed by atoms with Gasteiger partial charge in [0.15, 0.2) is 11.0 Å². The Morgan fingerprint density at radius 3 is 2.56 bits per heavy atom. The molecule has 0 bridgehead atoms. The molecule has 1 aliphatic rings. The molecule has 1 saturated heterocycles. The smallest absolute Gasteiger partial charge is 0.289 e. The van der Waals surface area contributed by atoms with E-state index in [9.17, 15) is 4.79 Å². The van der Waals surface area contributed by atoms with Crippen molar-refractivity contribution < 1.29 is 9.21 Å². The third-order valence-corrected chi connectivity index (χ3v) is 3.92. The van der Waals surface area contributed by atoms with Crippen molar-refractivity contribution in [2.24, 2.45) is 0 Å². The normalized spacial score (nSPS) is 25.8. The van der Waals surface area contributed by atoms with E-state index in [2.05, 4.69) is 13.8 Å². The third-order valence-electron chi connectivity index (χ3n) is 2.49. The fraction of sp³-hybridized carbons (Fsp3) is 0.545. The van der Waals surface area contributed by atoms with Crippen LogP contribution in [0, 0.1) is 0 Å². The van der Waals surface area contributed by atoms with Gasteiger partial charge in [0.25, 0.3) is 5.91 Å². The maximum Gasteiger partial charge on any atom is 0.289 e. The second-order valence-electron chi connectivity index (χ2n) is 4.07. The standard InChI is InChI=1S/C11H14ClNO2S/c1-7-5-13(6-8(2)16-7)11(14)9-3-4-10(12)15-9/h3-4,7-8H,5-6H2,1-2H3. The molecule has 1 aromatic heterocycles. The molecule has 2 rings (SSSR count). The summed E-state index contributed by atoms with van der Waals surface area (Å²) in [4.78, 5) is 13.9. The number of nitrogens with zero attached hydrogens (tertiary/aromatic N) is 1. The molecule has 1 amide bonds. The molecule has 2 heterocycles. The Hall–Kier alpha value is -0.610. The monoisotopic (exact) mass is 259 g/mol. The van der Waals surface area contributed by atoms with Gasteiger partial charge in [-0.1, -0.05) is 13.8 Å². The molecule has 1 aliphatic heterocycles. The van der Waals surface area contributed by atoms with Crippen LogP contribution in [-0.2, 0) is 0 Å². The summed E-state index contributed by atoms with van der Waals surface area (Å²) in [5.74, 6) is 0.266. The minimum absolute atomic E-state index is 0.0640. The highest BCUT2D eigenvalue weighted by molar-refractivity contribution is 8.00. The largest absolute Gasteiger partial charge is 0.440 e. The topological polar surface area (TPSA) is 33.5 Å². The van der Waals surface area contributed by atoms with Gasteiger partial charge < -0.3 is 9.32 Å². The lowest BCUT2D eigenvalue weighted by Gasteiger charge is -2.34. The minimum atomic E-state index is -0.0640. The zero-order valence-electron chi connectivity index (χ0n) is 9.27. The maximum atomic E-state index is 12.1. The van der Waals surface area contributed by atoms with Crippen molar-refractivity contribution in [3.63, 3.8) is 0 Å². The van der Waals surface area contributed by atoms with Gasteiger partial charge in [-0.2, -0.15) is 11.8 Å². The van der Waals surface area contributed by atoms with E-state index >= 15 is 0 Å². The molecule has 2 unspecified atom stereocenters. The van der Waals surface area contributed by atoms with Gasteiger partial charge in [-0.25, -0.2) is 0 Å². The maximum absolute atomic E-state index is 12.1. The van der Waals surface area contributed by atoms with E-state index in [1.807, 2.05) is 16.7 Å². The minimum Gasteiger partial charge on any atom is -0.440 e. The Morgan fingerprint density at radius 1 is 1.44 bits per heavy atom. The van der Waals surface area contributed by atoms with Crippen LogP contribution in [0.4, 0.5) is 0 Å². The highest BCUT2D eigenvalue weighted by atomic mass is 35.5. The molecule has 0 saturated carbocycles. The van der Waals surface area contributed by atoms with E-state index in [1.165, 1.54) is 0 Å². The number of thioether (sulfide) groups is 1. The van der Waals surface area contributed by atoms with Crippen LogP contribution in [0.2, 0.25) is 5.22 Å². The molecule has 0 aromatic carbocycles. The average Bonchev–Trinajstić information content (AvgIpc) is 2.62. The number of halogens is 1. The lowest BCUT2D eigenvalue weighted by Crippen LogP contribution is -2.43. The van der Waals surface area contributed by atoms with Gasteiger partial charge in [0.1, 0.15) is 0 Å². The zero-order chi connectivity index (χ0) is 11.7. The van der Waals surface area contributed by atoms with Gasteiger partial charge >= 0.3 is 0 Å². The first kappa shape index (κ1) is 11.9. The van der Waals surface area contributed by atoms with Crippen molar-refractivity contribution in [1.29, 1.82) is 0 Å². The highest BCUT2D eigenvalue weighted by Gasteiger charge is 2.27. The summed E-state index contributed by atoms with van der Waals surface area (Å²) in [7, 11) is 0. The summed E-state index contributed by atoms with van der Waals surface area (Å²) in [6.45, 7) is 5.81. The first-order valence-corrected chi connectivity index (χ1v) is 6.58. The van der Waals surface area contributed by atoms with Crippen molar-refractivity contribution >= 4 is 29.3 Å².